The number of aromatic amines is 1. The van der Waals surface area contributed by atoms with Crippen LogP contribution in [0.4, 0.5) is 4.79 Å². The van der Waals surface area contributed by atoms with Crippen molar-refractivity contribution in [2.24, 2.45) is 5.92 Å². The molecule has 1 aromatic heterocycles. The van der Waals surface area contributed by atoms with Crippen LogP contribution in [-0.4, -0.2) is 44.8 Å². The first-order valence-electron chi connectivity index (χ1n) is 6.33. The van der Waals surface area contributed by atoms with Crippen molar-refractivity contribution >= 4 is 12.0 Å². The van der Waals surface area contributed by atoms with E-state index in [0.717, 1.165) is 12.0 Å². The molecule has 2 amide bonds. The quantitative estimate of drug-likeness (QED) is 0.753. The largest absolute Gasteiger partial charge is 0.480 e. The first kappa shape index (κ1) is 13.4. The minimum Gasteiger partial charge on any atom is -0.480 e. The fourth-order valence-corrected chi connectivity index (χ4v) is 2.27. The maximum absolute atomic E-state index is 12.0. The van der Waals surface area contributed by atoms with Gasteiger partial charge >= 0.3 is 12.0 Å². The Morgan fingerprint density at radius 2 is 2.42 bits per heavy atom. The molecule has 1 saturated heterocycles. The number of carboxylic acid groups (broad SMARTS) is 1. The van der Waals surface area contributed by atoms with Crippen molar-refractivity contribution in [1.29, 1.82) is 0 Å². The number of hydrogen-bond acceptors (Lipinski definition) is 3. The third-order valence-corrected chi connectivity index (χ3v) is 3.41. The van der Waals surface area contributed by atoms with Gasteiger partial charge in [0, 0.05) is 24.8 Å². The molecule has 2 heterocycles. The Balaban J connectivity index is 1.94. The molecule has 2 atom stereocenters. The summed E-state index contributed by atoms with van der Waals surface area (Å²) in [5, 5.41) is 18.3. The van der Waals surface area contributed by atoms with Crippen LogP contribution < -0.4 is 5.32 Å². The summed E-state index contributed by atoms with van der Waals surface area (Å²) in [6.45, 7) is 2.83. The highest BCUT2D eigenvalue weighted by atomic mass is 16.4. The van der Waals surface area contributed by atoms with Gasteiger partial charge in [0.2, 0.25) is 0 Å². The molecule has 0 aliphatic carbocycles. The highest BCUT2D eigenvalue weighted by Crippen LogP contribution is 2.22. The second-order valence-electron chi connectivity index (χ2n) is 4.94. The predicted octanol–water partition coefficient (Wildman–Crippen LogP) is 0.804. The normalized spacial score (nSPS) is 23.1. The second kappa shape index (κ2) is 5.73. The Morgan fingerprint density at radius 1 is 1.63 bits per heavy atom. The minimum atomic E-state index is -0.940. The van der Waals surface area contributed by atoms with E-state index in [-0.39, 0.29) is 6.03 Å². The molecule has 1 fully saturated rings. The number of rotatable bonds is 3. The standard InChI is InChI=1S/C12H18N4O3/c1-8-2-3-16(10(4-8)11(17)18)12(19)13-5-9-6-14-15-7-9/h6-8,10H,2-5H2,1H3,(H,13,19)(H,14,15)(H,17,18). The Bertz CT molecular complexity index is 446. The summed E-state index contributed by atoms with van der Waals surface area (Å²) in [5.41, 5.74) is 0.852. The predicted molar refractivity (Wildman–Crippen MR) is 67.4 cm³/mol. The van der Waals surface area contributed by atoms with E-state index in [0.29, 0.717) is 25.4 Å². The van der Waals surface area contributed by atoms with E-state index in [4.69, 9.17) is 0 Å². The number of nitrogens with one attached hydrogen (secondary N) is 2. The van der Waals surface area contributed by atoms with Gasteiger partial charge in [-0.3, -0.25) is 5.10 Å². The maximum Gasteiger partial charge on any atom is 0.326 e. The van der Waals surface area contributed by atoms with E-state index in [9.17, 15) is 14.7 Å². The molecule has 0 saturated carbocycles. The zero-order valence-electron chi connectivity index (χ0n) is 10.8. The molecule has 2 rings (SSSR count). The van der Waals surface area contributed by atoms with Crippen LogP contribution in [0.3, 0.4) is 0 Å². The van der Waals surface area contributed by atoms with Gasteiger partial charge in [0.1, 0.15) is 6.04 Å². The molecule has 7 heteroatoms. The number of piperidine rings is 1. The van der Waals surface area contributed by atoms with E-state index in [1.54, 1.807) is 12.4 Å². The van der Waals surface area contributed by atoms with E-state index < -0.39 is 12.0 Å². The van der Waals surface area contributed by atoms with Gasteiger partial charge in [-0.25, -0.2) is 9.59 Å². The van der Waals surface area contributed by atoms with Crippen LogP contribution in [0.25, 0.3) is 0 Å². The number of hydrogen-bond donors (Lipinski definition) is 3. The molecule has 19 heavy (non-hydrogen) atoms. The van der Waals surface area contributed by atoms with Crippen molar-refractivity contribution in [3.8, 4) is 0 Å². The van der Waals surface area contributed by atoms with Crippen LogP contribution in [0.1, 0.15) is 25.3 Å². The number of H-pyrrole nitrogens is 1. The van der Waals surface area contributed by atoms with Gasteiger partial charge < -0.3 is 15.3 Å². The van der Waals surface area contributed by atoms with Gasteiger partial charge in [-0.15, -0.1) is 0 Å². The summed E-state index contributed by atoms with van der Waals surface area (Å²) in [6.07, 6.45) is 4.65. The number of nitrogens with zero attached hydrogens (tertiary/aromatic N) is 2. The SMILES string of the molecule is CC1CCN(C(=O)NCc2cn[nH]c2)C(C(=O)O)C1. The number of urea groups is 1. The monoisotopic (exact) mass is 266 g/mol. The molecular formula is C12H18N4O3. The lowest BCUT2D eigenvalue weighted by atomic mass is 9.93. The smallest absolute Gasteiger partial charge is 0.326 e. The second-order valence-corrected chi connectivity index (χ2v) is 4.94. The summed E-state index contributed by atoms with van der Waals surface area (Å²) in [4.78, 5) is 24.7. The Kier molecular flexibility index (Phi) is 4.03. The summed E-state index contributed by atoms with van der Waals surface area (Å²) in [7, 11) is 0. The van der Waals surface area contributed by atoms with Crippen LogP contribution in [0.15, 0.2) is 12.4 Å². The Morgan fingerprint density at radius 3 is 3.05 bits per heavy atom. The fourth-order valence-electron chi connectivity index (χ4n) is 2.27. The molecule has 7 nitrogen and oxygen atoms in total. The lowest BCUT2D eigenvalue weighted by Gasteiger charge is -2.35. The van der Waals surface area contributed by atoms with Gasteiger partial charge in [-0.2, -0.15) is 5.10 Å². The van der Waals surface area contributed by atoms with Crippen LogP contribution in [0, 0.1) is 5.92 Å². The zero-order chi connectivity index (χ0) is 13.8. The van der Waals surface area contributed by atoms with Crippen LogP contribution in [0.5, 0.6) is 0 Å². The van der Waals surface area contributed by atoms with E-state index in [1.165, 1.54) is 4.90 Å². The topological polar surface area (TPSA) is 98.3 Å². The fraction of sp³-hybridized carbons (Fsp3) is 0.583. The lowest BCUT2D eigenvalue weighted by molar-refractivity contribution is -0.143. The Labute approximate surface area is 111 Å². The number of likely N-dealkylation sites (tertiary alicyclic amines) is 1. The first-order chi connectivity index (χ1) is 9.08. The molecule has 3 N–H and O–H groups in total. The highest BCUT2D eigenvalue weighted by molar-refractivity contribution is 5.82. The number of aromatic nitrogens is 2. The first-order valence-corrected chi connectivity index (χ1v) is 6.33. The van der Waals surface area contributed by atoms with Crippen LogP contribution in [-0.2, 0) is 11.3 Å². The van der Waals surface area contributed by atoms with Crippen molar-refractivity contribution in [3.63, 3.8) is 0 Å². The third-order valence-electron chi connectivity index (χ3n) is 3.41. The number of carboxylic acids is 1. The van der Waals surface area contributed by atoms with Crippen LogP contribution in [0.2, 0.25) is 0 Å². The van der Waals surface area contributed by atoms with Gasteiger partial charge in [0.05, 0.1) is 6.20 Å². The van der Waals surface area contributed by atoms with Crippen molar-refractivity contribution in [3.05, 3.63) is 18.0 Å². The molecule has 0 radical (unpaired) electrons. The van der Waals surface area contributed by atoms with E-state index >= 15 is 0 Å². The van der Waals surface area contributed by atoms with Gasteiger partial charge in [0.15, 0.2) is 0 Å². The van der Waals surface area contributed by atoms with Gasteiger partial charge in [-0.1, -0.05) is 6.92 Å². The average molecular weight is 266 g/mol. The minimum absolute atomic E-state index is 0.332. The summed E-state index contributed by atoms with van der Waals surface area (Å²) in [5.74, 6) is -0.607. The molecule has 1 aliphatic heterocycles. The van der Waals surface area contributed by atoms with E-state index in [2.05, 4.69) is 15.5 Å². The van der Waals surface area contributed by atoms with Crippen molar-refractivity contribution in [1.82, 2.24) is 20.4 Å². The number of carbonyl (C=O) groups excluding carboxylic acids is 1. The van der Waals surface area contributed by atoms with Crippen molar-refractivity contribution < 1.29 is 14.7 Å². The molecule has 0 bridgehead atoms. The molecule has 1 aromatic rings. The summed E-state index contributed by atoms with van der Waals surface area (Å²) in [6, 6.07) is -1.06. The third kappa shape index (κ3) is 3.24. The molecule has 2 unspecified atom stereocenters. The molecule has 1 aliphatic rings. The number of aliphatic carboxylic acids is 1. The highest BCUT2D eigenvalue weighted by Gasteiger charge is 2.34. The zero-order valence-corrected chi connectivity index (χ0v) is 10.8. The van der Waals surface area contributed by atoms with Crippen molar-refractivity contribution in [2.75, 3.05) is 6.54 Å². The van der Waals surface area contributed by atoms with Crippen molar-refractivity contribution in [2.45, 2.75) is 32.4 Å². The number of amides is 2. The van der Waals surface area contributed by atoms with E-state index in [1.807, 2.05) is 6.92 Å². The lowest BCUT2D eigenvalue weighted by Crippen LogP contribution is -2.53. The summed E-state index contributed by atoms with van der Waals surface area (Å²) >= 11 is 0. The maximum atomic E-state index is 12.0. The number of carbonyl (C=O) groups is 2. The molecule has 0 spiro atoms. The van der Waals surface area contributed by atoms with Crippen LogP contribution >= 0.6 is 0 Å². The Hall–Kier alpha value is -2.05. The summed E-state index contributed by atoms with van der Waals surface area (Å²) < 4.78 is 0. The molecule has 0 aromatic carbocycles. The van der Waals surface area contributed by atoms with Gasteiger partial charge in [-0.05, 0) is 18.8 Å². The van der Waals surface area contributed by atoms with Gasteiger partial charge in [0.25, 0.3) is 0 Å². The average Bonchev–Trinajstić information content (AvgIpc) is 2.88. The molecule has 104 valence electrons. The molecular weight excluding hydrogens is 248 g/mol.